The summed E-state index contributed by atoms with van der Waals surface area (Å²) in [6.45, 7) is 2.05. The Hall–Kier alpha value is -1.77. The van der Waals surface area contributed by atoms with Gasteiger partial charge < -0.3 is 10.3 Å². The van der Waals surface area contributed by atoms with Crippen LogP contribution in [-0.4, -0.2) is 9.55 Å². The van der Waals surface area contributed by atoms with Crippen molar-refractivity contribution in [1.82, 2.24) is 9.55 Å². The quantitative estimate of drug-likeness (QED) is 0.714. The summed E-state index contributed by atoms with van der Waals surface area (Å²) in [6.07, 6.45) is 7.42. The van der Waals surface area contributed by atoms with Gasteiger partial charge in [-0.15, -0.1) is 0 Å². The topological polar surface area (TPSA) is 43.8 Å². The van der Waals surface area contributed by atoms with Gasteiger partial charge in [-0.05, 0) is 24.6 Å². The Labute approximate surface area is 76.8 Å². The molecule has 0 radical (unpaired) electrons. The van der Waals surface area contributed by atoms with Gasteiger partial charge in [0, 0.05) is 18.6 Å². The van der Waals surface area contributed by atoms with Crippen molar-refractivity contribution in [3.8, 4) is 5.69 Å². The minimum atomic E-state index is 0.693. The third-order valence-electron chi connectivity index (χ3n) is 1.95. The number of hydrogen-bond donors (Lipinski definition) is 1. The molecule has 0 amide bonds. The standard InChI is InChI=1S/C10H11N3/c1-8-3-5-13(7-8)10-2-4-12-6-9(10)11/h2-7H,11H2,1H3. The molecule has 66 valence electrons. The van der Waals surface area contributed by atoms with E-state index in [0.717, 1.165) is 5.69 Å². The van der Waals surface area contributed by atoms with Crippen LogP contribution >= 0.6 is 0 Å². The summed E-state index contributed by atoms with van der Waals surface area (Å²) in [5.74, 6) is 0. The van der Waals surface area contributed by atoms with Crippen molar-refractivity contribution < 1.29 is 0 Å². The largest absolute Gasteiger partial charge is 0.396 e. The minimum absolute atomic E-state index is 0.693. The second-order valence-corrected chi connectivity index (χ2v) is 3.03. The molecule has 2 aromatic heterocycles. The molecular formula is C10H11N3. The molecule has 0 bridgehead atoms. The maximum absolute atomic E-state index is 5.78. The van der Waals surface area contributed by atoms with E-state index in [1.54, 1.807) is 12.4 Å². The zero-order chi connectivity index (χ0) is 9.26. The van der Waals surface area contributed by atoms with Crippen LogP contribution in [0.2, 0.25) is 0 Å². The Balaban J connectivity index is 2.52. The Morgan fingerprint density at radius 2 is 2.23 bits per heavy atom. The molecule has 2 N–H and O–H groups in total. The average molecular weight is 173 g/mol. The fraction of sp³-hybridized carbons (Fsp3) is 0.100. The lowest BCUT2D eigenvalue weighted by atomic mass is 10.3. The highest BCUT2D eigenvalue weighted by atomic mass is 15.0. The lowest BCUT2D eigenvalue weighted by Crippen LogP contribution is -1.97. The molecule has 0 aliphatic rings. The second-order valence-electron chi connectivity index (χ2n) is 3.03. The predicted octanol–water partition coefficient (Wildman–Crippen LogP) is 1.76. The number of nitrogen functional groups attached to an aromatic ring is 1. The monoisotopic (exact) mass is 173 g/mol. The van der Waals surface area contributed by atoms with Crippen molar-refractivity contribution in [1.29, 1.82) is 0 Å². The van der Waals surface area contributed by atoms with Crippen molar-refractivity contribution in [2.45, 2.75) is 6.92 Å². The fourth-order valence-electron chi connectivity index (χ4n) is 1.29. The van der Waals surface area contributed by atoms with Crippen LogP contribution in [0.25, 0.3) is 5.69 Å². The fourth-order valence-corrected chi connectivity index (χ4v) is 1.29. The molecule has 13 heavy (non-hydrogen) atoms. The van der Waals surface area contributed by atoms with Crippen molar-refractivity contribution >= 4 is 5.69 Å². The molecule has 3 nitrogen and oxygen atoms in total. The third-order valence-corrected chi connectivity index (χ3v) is 1.95. The van der Waals surface area contributed by atoms with Gasteiger partial charge in [-0.3, -0.25) is 4.98 Å². The number of aromatic nitrogens is 2. The van der Waals surface area contributed by atoms with E-state index in [-0.39, 0.29) is 0 Å². The maximum Gasteiger partial charge on any atom is 0.0745 e. The molecule has 0 unspecified atom stereocenters. The van der Waals surface area contributed by atoms with Gasteiger partial charge >= 0.3 is 0 Å². The van der Waals surface area contributed by atoms with Crippen molar-refractivity contribution in [2.24, 2.45) is 0 Å². The van der Waals surface area contributed by atoms with Gasteiger partial charge in [0.2, 0.25) is 0 Å². The van der Waals surface area contributed by atoms with Crippen molar-refractivity contribution in [3.63, 3.8) is 0 Å². The first kappa shape index (κ1) is 7.86. The molecule has 0 fully saturated rings. The summed E-state index contributed by atoms with van der Waals surface area (Å²) in [4.78, 5) is 3.94. The van der Waals surface area contributed by atoms with E-state index < -0.39 is 0 Å². The highest BCUT2D eigenvalue weighted by molar-refractivity contribution is 5.55. The van der Waals surface area contributed by atoms with Crippen LogP contribution in [0.1, 0.15) is 5.56 Å². The summed E-state index contributed by atoms with van der Waals surface area (Å²) in [6, 6.07) is 3.94. The highest BCUT2D eigenvalue weighted by Gasteiger charge is 1.99. The van der Waals surface area contributed by atoms with E-state index in [9.17, 15) is 0 Å². The summed E-state index contributed by atoms with van der Waals surface area (Å²) < 4.78 is 1.99. The SMILES string of the molecule is Cc1ccn(-c2ccncc2N)c1. The van der Waals surface area contributed by atoms with E-state index in [4.69, 9.17) is 5.73 Å². The second kappa shape index (κ2) is 2.94. The molecule has 0 saturated carbocycles. The molecule has 2 aromatic rings. The first-order valence-corrected chi connectivity index (χ1v) is 4.12. The van der Waals surface area contributed by atoms with E-state index in [0.29, 0.717) is 5.69 Å². The lowest BCUT2D eigenvalue weighted by Gasteiger charge is -2.04. The number of pyridine rings is 1. The van der Waals surface area contributed by atoms with Gasteiger partial charge in [0.05, 0.1) is 17.6 Å². The van der Waals surface area contributed by atoms with Crippen molar-refractivity contribution in [2.75, 3.05) is 5.73 Å². The first-order chi connectivity index (χ1) is 6.27. The lowest BCUT2D eigenvalue weighted by molar-refractivity contribution is 1.07. The highest BCUT2D eigenvalue weighted by Crippen LogP contribution is 2.15. The minimum Gasteiger partial charge on any atom is -0.396 e. The van der Waals surface area contributed by atoms with Crippen LogP contribution in [0.15, 0.2) is 36.9 Å². The average Bonchev–Trinajstić information content (AvgIpc) is 2.53. The normalized spacial score (nSPS) is 10.2. The Kier molecular flexibility index (Phi) is 1.77. The van der Waals surface area contributed by atoms with E-state index >= 15 is 0 Å². The Morgan fingerprint density at radius 3 is 2.85 bits per heavy atom. The number of hydrogen-bond acceptors (Lipinski definition) is 2. The van der Waals surface area contributed by atoms with Crippen LogP contribution in [-0.2, 0) is 0 Å². The molecule has 0 aromatic carbocycles. The van der Waals surface area contributed by atoms with Crippen LogP contribution in [0.4, 0.5) is 5.69 Å². The smallest absolute Gasteiger partial charge is 0.0745 e. The Bertz CT molecular complexity index is 418. The van der Waals surface area contributed by atoms with Crippen LogP contribution < -0.4 is 5.73 Å². The van der Waals surface area contributed by atoms with Crippen LogP contribution in [0.5, 0.6) is 0 Å². The molecule has 2 heterocycles. The van der Waals surface area contributed by atoms with E-state index in [1.807, 2.05) is 36.0 Å². The summed E-state index contributed by atoms with van der Waals surface area (Å²) in [5.41, 5.74) is 8.66. The first-order valence-electron chi connectivity index (χ1n) is 4.12. The van der Waals surface area contributed by atoms with E-state index in [2.05, 4.69) is 4.98 Å². The zero-order valence-corrected chi connectivity index (χ0v) is 7.44. The predicted molar refractivity (Wildman–Crippen MR) is 52.7 cm³/mol. The zero-order valence-electron chi connectivity index (χ0n) is 7.44. The van der Waals surface area contributed by atoms with Gasteiger partial charge in [0.15, 0.2) is 0 Å². The number of aryl methyl sites for hydroxylation is 1. The molecule has 0 spiro atoms. The van der Waals surface area contributed by atoms with Gasteiger partial charge in [0.25, 0.3) is 0 Å². The van der Waals surface area contributed by atoms with Gasteiger partial charge in [0.1, 0.15) is 0 Å². The number of nitrogens with zero attached hydrogens (tertiary/aromatic N) is 2. The molecule has 0 atom stereocenters. The van der Waals surface area contributed by atoms with Gasteiger partial charge in [-0.1, -0.05) is 0 Å². The van der Waals surface area contributed by atoms with E-state index in [1.165, 1.54) is 5.56 Å². The van der Waals surface area contributed by atoms with Crippen LogP contribution in [0, 0.1) is 6.92 Å². The molecule has 0 aliphatic heterocycles. The molecular weight excluding hydrogens is 162 g/mol. The summed E-state index contributed by atoms with van der Waals surface area (Å²) >= 11 is 0. The molecule has 0 aliphatic carbocycles. The third kappa shape index (κ3) is 1.40. The maximum atomic E-state index is 5.78. The summed E-state index contributed by atoms with van der Waals surface area (Å²) in [5, 5.41) is 0. The number of anilines is 1. The molecule has 2 rings (SSSR count). The molecule has 3 heteroatoms. The van der Waals surface area contributed by atoms with Crippen molar-refractivity contribution in [3.05, 3.63) is 42.5 Å². The van der Waals surface area contributed by atoms with Gasteiger partial charge in [-0.25, -0.2) is 0 Å². The van der Waals surface area contributed by atoms with Gasteiger partial charge in [-0.2, -0.15) is 0 Å². The molecule has 0 saturated heterocycles. The summed E-state index contributed by atoms with van der Waals surface area (Å²) in [7, 11) is 0. The Morgan fingerprint density at radius 1 is 1.38 bits per heavy atom. The number of nitrogens with two attached hydrogens (primary N) is 1. The van der Waals surface area contributed by atoms with Crippen LogP contribution in [0.3, 0.4) is 0 Å². The number of rotatable bonds is 1.